The van der Waals surface area contributed by atoms with Crippen molar-refractivity contribution in [3.63, 3.8) is 0 Å². The molecule has 31 heavy (non-hydrogen) atoms. The minimum absolute atomic E-state index is 0.151. The van der Waals surface area contributed by atoms with Gasteiger partial charge in [-0.15, -0.1) is 0 Å². The van der Waals surface area contributed by atoms with Crippen molar-refractivity contribution in [2.75, 3.05) is 16.6 Å². The molecule has 7 nitrogen and oxygen atoms in total. The van der Waals surface area contributed by atoms with Crippen LogP contribution in [-0.2, 0) is 10.0 Å². The van der Waals surface area contributed by atoms with Gasteiger partial charge in [-0.3, -0.25) is 9.71 Å². The Morgan fingerprint density at radius 2 is 1.81 bits per heavy atom. The highest BCUT2D eigenvalue weighted by Crippen LogP contribution is 2.30. The molecular formula is C23H22N4O3S. The third kappa shape index (κ3) is 4.75. The molecule has 0 fully saturated rings. The maximum atomic E-state index is 12.6. The van der Waals surface area contributed by atoms with E-state index in [0.29, 0.717) is 6.61 Å². The molecule has 2 heterocycles. The van der Waals surface area contributed by atoms with Crippen molar-refractivity contribution in [1.29, 1.82) is 0 Å². The number of hydrogen-bond acceptors (Lipinski definition) is 6. The number of hydrogen-bond donors (Lipinski definition) is 2. The van der Waals surface area contributed by atoms with Gasteiger partial charge < -0.3 is 10.1 Å². The first-order chi connectivity index (χ1) is 14.9. The number of benzene rings is 2. The van der Waals surface area contributed by atoms with E-state index in [1.54, 1.807) is 42.5 Å². The van der Waals surface area contributed by atoms with Crippen LogP contribution >= 0.6 is 0 Å². The molecule has 0 saturated carbocycles. The van der Waals surface area contributed by atoms with Crippen LogP contribution in [0, 0.1) is 6.92 Å². The standard InChI is InChI=1S/C23H22N4O3S/c1-3-30-18-9-12-21-20(15-18)22(14-16(2)25-21)26-17-7-10-19(11-8-17)31(28,29)27-23-6-4-5-13-24-23/h4-15H,3H2,1-2H3,(H,24,27)(H,25,26). The monoisotopic (exact) mass is 434 g/mol. The van der Waals surface area contributed by atoms with Crippen molar-refractivity contribution in [3.8, 4) is 5.75 Å². The van der Waals surface area contributed by atoms with Crippen molar-refractivity contribution in [3.05, 3.63) is 78.6 Å². The third-order valence-electron chi connectivity index (χ3n) is 4.57. The summed E-state index contributed by atoms with van der Waals surface area (Å²) < 4.78 is 33.3. The van der Waals surface area contributed by atoms with Gasteiger partial charge in [-0.25, -0.2) is 13.4 Å². The normalized spacial score (nSPS) is 11.3. The van der Waals surface area contributed by atoms with E-state index in [2.05, 4.69) is 20.0 Å². The van der Waals surface area contributed by atoms with Gasteiger partial charge >= 0.3 is 0 Å². The summed E-state index contributed by atoms with van der Waals surface area (Å²) >= 11 is 0. The summed E-state index contributed by atoms with van der Waals surface area (Å²) in [6.45, 7) is 4.45. The molecule has 0 aliphatic heterocycles. The van der Waals surface area contributed by atoms with Gasteiger partial charge in [0, 0.05) is 28.7 Å². The summed E-state index contributed by atoms with van der Waals surface area (Å²) in [5.41, 5.74) is 3.35. The van der Waals surface area contributed by atoms with Crippen LogP contribution in [-0.4, -0.2) is 25.0 Å². The van der Waals surface area contributed by atoms with E-state index in [1.165, 1.54) is 6.20 Å². The van der Waals surface area contributed by atoms with E-state index >= 15 is 0 Å². The quantitative estimate of drug-likeness (QED) is 0.431. The van der Waals surface area contributed by atoms with Crippen LogP contribution in [0.25, 0.3) is 10.9 Å². The summed E-state index contributed by atoms with van der Waals surface area (Å²) in [5, 5.41) is 4.28. The SMILES string of the molecule is CCOc1ccc2nc(C)cc(Nc3ccc(S(=O)(=O)Nc4ccccn4)cc3)c2c1. The average molecular weight is 435 g/mol. The molecule has 158 valence electrons. The molecule has 0 unspecified atom stereocenters. The smallest absolute Gasteiger partial charge is 0.263 e. The van der Waals surface area contributed by atoms with Crippen LogP contribution in [0.4, 0.5) is 17.2 Å². The summed E-state index contributed by atoms with van der Waals surface area (Å²) in [6.07, 6.45) is 1.53. The molecule has 0 saturated heterocycles. The number of pyridine rings is 2. The molecular weight excluding hydrogens is 412 g/mol. The molecule has 0 spiro atoms. The topological polar surface area (TPSA) is 93.2 Å². The number of fused-ring (bicyclic) bond motifs is 1. The largest absolute Gasteiger partial charge is 0.494 e. The second-order valence-electron chi connectivity index (χ2n) is 6.89. The van der Waals surface area contributed by atoms with Gasteiger partial charge in [-0.1, -0.05) is 6.07 Å². The highest BCUT2D eigenvalue weighted by Gasteiger charge is 2.15. The maximum absolute atomic E-state index is 12.6. The van der Waals surface area contributed by atoms with E-state index in [4.69, 9.17) is 4.74 Å². The average Bonchev–Trinajstić information content (AvgIpc) is 2.75. The van der Waals surface area contributed by atoms with Gasteiger partial charge in [0.05, 0.1) is 17.0 Å². The Hall–Kier alpha value is -3.65. The molecule has 2 aromatic carbocycles. The number of anilines is 3. The van der Waals surface area contributed by atoms with Crippen molar-refractivity contribution in [1.82, 2.24) is 9.97 Å². The summed E-state index contributed by atoms with van der Waals surface area (Å²) in [5.74, 6) is 1.04. The highest BCUT2D eigenvalue weighted by atomic mass is 32.2. The van der Waals surface area contributed by atoms with E-state index in [9.17, 15) is 8.42 Å². The molecule has 0 aliphatic carbocycles. The molecule has 0 bridgehead atoms. The molecule has 2 N–H and O–H groups in total. The zero-order valence-electron chi connectivity index (χ0n) is 17.2. The van der Waals surface area contributed by atoms with E-state index in [1.807, 2.05) is 38.1 Å². The fourth-order valence-electron chi connectivity index (χ4n) is 3.19. The summed E-state index contributed by atoms with van der Waals surface area (Å²) in [6, 6.07) is 19.3. The second kappa shape index (κ2) is 8.61. The van der Waals surface area contributed by atoms with Crippen LogP contribution in [0.1, 0.15) is 12.6 Å². The zero-order valence-corrected chi connectivity index (χ0v) is 18.0. The number of ether oxygens (including phenoxy) is 1. The zero-order chi connectivity index (χ0) is 21.8. The first-order valence-electron chi connectivity index (χ1n) is 9.80. The van der Waals surface area contributed by atoms with Crippen molar-refractivity contribution < 1.29 is 13.2 Å². The van der Waals surface area contributed by atoms with Gasteiger partial charge in [-0.05, 0) is 74.5 Å². The first-order valence-corrected chi connectivity index (χ1v) is 11.3. The minimum Gasteiger partial charge on any atom is -0.494 e. The van der Waals surface area contributed by atoms with Gasteiger partial charge in [0.15, 0.2) is 0 Å². The lowest BCUT2D eigenvalue weighted by Gasteiger charge is -2.13. The van der Waals surface area contributed by atoms with Crippen LogP contribution in [0.15, 0.2) is 77.8 Å². The Morgan fingerprint density at radius 3 is 2.52 bits per heavy atom. The second-order valence-corrected chi connectivity index (χ2v) is 8.58. The molecule has 4 rings (SSSR count). The fraction of sp³-hybridized carbons (Fsp3) is 0.130. The number of aromatic nitrogens is 2. The predicted octanol–water partition coefficient (Wildman–Crippen LogP) is 4.88. The molecule has 2 aromatic heterocycles. The molecule has 0 atom stereocenters. The van der Waals surface area contributed by atoms with Gasteiger partial charge in [-0.2, -0.15) is 0 Å². The lowest BCUT2D eigenvalue weighted by Crippen LogP contribution is -2.13. The van der Waals surface area contributed by atoms with E-state index in [-0.39, 0.29) is 10.7 Å². The molecule has 0 aliphatic rings. The molecule has 4 aromatic rings. The molecule has 0 amide bonds. The Kier molecular flexibility index (Phi) is 5.73. The lowest BCUT2D eigenvalue weighted by molar-refractivity contribution is 0.340. The fourth-order valence-corrected chi connectivity index (χ4v) is 4.20. The van der Waals surface area contributed by atoms with Crippen molar-refractivity contribution >= 4 is 38.1 Å². The van der Waals surface area contributed by atoms with Crippen molar-refractivity contribution in [2.45, 2.75) is 18.7 Å². The van der Waals surface area contributed by atoms with Crippen LogP contribution in [0.3, 0.4) is 0 Å². The van der Waals surface area contributed by atoms with Gasteiger partial charge in [0.1, 0.15) is 11.6 Å². The summed E-state index contributed by atoms with van der Waals surface area (Å²) in [4.78, 5) is 8.73. The Bertz CT molecular complexity index is 1310. The maximum Gasteiger partial charge on any atom is 0.263 e. The lowest BCUT2D eigenvalue weighted by atomic mass is 10.1. The van der Waals surface area contributed by atoms with Gasteiger partial charge in [0.25, 0.3) is 10.0 Å². The molecule has 8 heteroatoms. The number of aryl methyl sites for hydroxylation is 1. The van der Waals surface area contributed by atoms with Gasteiger partial charge in [0.2, 0.25) is 0 Å². The third-order valence-corrected chi connectivity index (χ3v) is 5.94. The first kappa shape index (κ1) is 20.6. The Balaban J connectivity index is 1.60. The minimum atomic E-state index is -3.72. The number of nitrogens with one attached hydrogen (secondary N) is 2. The number of nitrogens with zero attached hydrogens (tertiary/aromatic N) is 2. The van der Waals surface area contributed by atoms with Crippen molar-refractivity contribution in [2.24, 2.45) is 0 Å². The highest BCUT2D eigenvalue weighted by molar-refractivity contribution is 7.92. The Labute approximate surface area is 181 Å². The van der Waals surface area contributed by atoms with E-state index < -0.39 is 10.0 Å². The predicted molar refractivity (Wildman–Crippen MR) is 122 cm³/mol. The number of sulfonamides is 1. The summed E-state index contributed by atoms with van der Waals surface area (Å²) in [7, 11) is -3.72. The molecule has 0 radical (unpaired) electrons. The number of rotatable bonds is 7. The van der Waals surface area contributed by atoms with E-state index in [0.717, 1.165) is 33.7 Å². The van der Waals surface area contributed by atoms with Crippen LogP contribution in [0.5, 0.6) is 5.75 Å². The Morgan fingerprint density at radius 1 is 1.00 bits per heavy atom. The van der Waals surface area contributed by atoms with Crippen LogP contribution in [0.2, 0.25) is 0 Å². The van der Waals surface area contributed by atoms with Crippen LogP contribution < -0.4 is 14.8 Å².